The number of nitrogens with zero attached hydrogens (tertiary/aromatic N) is 1. The van der Waals surface area contributed by atoms with E-state index in [-0.39, 0.29) is 31.5 Å². The average molecular weight is 541 g/mol. The number of anilines is 2. The van der Waals surface area contributed by atoms with Crippen LogP contribution in [0.4, 0.5) is 16.2 Å². The molecule has 0 aliphatic heterocycles. The second kappa shape index (κ2) is 12.4. The third-order valence-corrected chi connectivity index (χ3v) is 5.89. The van der Waals surface area contributed by atoms with Gasteiger partial charge >= 0.3 is 12.0 Å². The minimum absolute atomic E-state index is 0. The predicted molar refractivity (Wildman–Crippen MR) is 148 cm³/mol. The summed E-state index contributed by atoms with van der Waals surface area (Å²) >= 11 is 6.22. The summed E-state index contributed by atoms with van der Waals surface area (Å²) in [6.07, 6.45) is 2.45. The summed E-state index contributed by atoms with van der Waals surface area (Å²) in [6, 6.07) is 19.0. The van der Waals surface area contributed by atoms with Crippen LogP contribution in [-0.2, 0) is 22.6 Å². The summed E-state index contributed by atoms with van der Waals surface area (Å²) in [5, 5.41) is 6.67. The second-order valence-corrected chi connectivity index (χ2v) is 8.47. The highest BCUT2D eigenvalue weighted by Crippen LogP contribution is 2.30. The van der Waals surface area contributed by atoms with Gasteiger partial charge in [-0.2, -0.15) is 0 Å². The highest BCUT2D eigenvalue weighted by molar-refractivity contribution is 6.31. The standard InChI is InChI=1S/C27H25ClN4O4.ClH/c1-2-17-7-10-20(11-8-17)30-27(35)31-23-15-32(24-12-9-19(28)13-22(23)24)26(34)21-6-4-3-5-18(21)16-36-25(33)14-29;/h3-13,15H,2,14,16,29H2,1H3,(H2,30,31,35);1H. The smallest absolute Gasteiger partial charge is 0.323 e. The number of aryl methyl sites for hydroxylation is 1. The molecule has 2 amide bonds. The molecule has 37 heavy (non-hydrogen) atoms. The lowest BCUT2D eigenvalue weighted by atomic mass is 10.1. The third kappa shape index (κ3) is 6.48. The zero-order valence-corrected chi connectivity index (χ0v) is 21.6. The van der Waals surface area contributed by atoms with Gasteiger partial charge in [-0.3, -0.25) is 14.2 Å². The Hall–Kier alpha value is -3.85. The zero-order chi connectivity index (χ0) is 25.7. The van der Waals surface area contributed by atoms with Gasteiger partial charge in [-0.25, -0.2) is 4.79 Å². The summed E-state index contributed by atoms with van der Waals surface area (Å²) in [5.41, 5.74) is 8.96. The van der Waals surface area contributed by atoms with Crippen LogP contribution in [0, 0.1) is 0 Å². The van der Waals surface area contributed by atoms with Crippen LogP contribution in [0.2, 0.25) is 5.02 Å². The fraction of sp³-hybridized carbons (Fsp3) is 0.148. The topological polar surface area (TPSA) is 115 Å². The SMILES string of the molecule is CCc1ccc(NC(=O)Nc2cn(C(=O)c3ccccc3COC(=O)CN)c3ccc(Cl)cc23)cc1.Cl. The van der Waals surface area contributed by atoms with Gasteiger partial charge < -0.3 is 21.1 Å². The molecular formula is C27H26Cl2N4O4. The lowest BCUT2D eigenvalue weighted by Crippen LogP contribution is -2.19. The summed E-state index contributed by atoms with van der Waals surface area (Å²) < 4.78 is 6.56. The van der Waals surface area contributed by atoms with Crippen molar-refractivity contribution in [3.8, 4) is 0 Å². The van der Waals surface area contributed by atoms with Crippen LogP contribution in [0.25, 0.3) is 10.9 Å². The van der Waals surface area contributed by atoms with Crippen molar-refractivity contribution in [1.29, 1.82) is 0 Å². The molecule has 0 saturated heterocycles. The van der Waals surface area contributed by atoms with Crippen LogP contribution >= 0.6 is 24.0 Å². The number of halogens is 2. The van der Waals surface area contributed by atoms with Gasteiger partial charge in [0, 0.05) is 33.4 Å². The van der Waals surface area contributed by atoms with E-state index in [1.54, 1.807) is 48.7 Å². The molecule has 4 N–H and O–H groups in total. The molecule has 0 spiro atoms. The number of benzene rings is 3. The monoisotopic (exact) mass is 540 g/mol. The maximum Gasteiger partial charge on any atom is 0.323 e. The molecule has 0 fully saturated rings. The van der Waals surface area contributed by atoms with Crippen LogP contribution in [0.1, 0.15) is 28.4 Å². The van der Waals surface area contributed by atoms with Crippen LogP contribution in [0.5, 0.6) is 0 Å². The van der Waals surface area contributed by atoms with Crippen molar-refractivity contribution in [2.45, 2.75) is 20.0 Å². The van der Waals surface area contributed by atoms with Gasteiger partial charge in [0.2, 0.25) is 0 Å². The Morgan fingerprint density at radius 3 is 2.43 bits per heavy atom. The first-order chi connectivity index (χ1) is 17.4. The molecule has 0 atom stereocenters. The molecule has 1 aromatic heterocycles. The van der Waals surface area contributed by atoms with E-state index in [0.717, 1.165) is 12.0 Å². The fourth-order valence-corrected chi connectivity index (χ4v) is 3.95. The van der Waals surface area contributed by atoms with Crippen LogP contribution in [-0.4, -0.2) is 29.0 Å². The van der Waals surface area contributed by atoms with Gasteiger partial charge in [0.1, 0.15) is 6.61 Å². The molecule has 1 heterocycles. The first kappa shape index (κ1) is 27.7. The molecule has 4 aromatic rings. The summed E-state index contributed by atoms with van der Waals surface area (Å²) in [4.78, 5) is 37.8. The van der Waals surface area contributed by atoms with Crippen molar-refractivity contribution < 1.29 is 19.1 Å². The van der Waals surface area contributed by atoms with E-state index in [0.29, 0.717) is 38.4 Å². The highest BCUT2D eigenvalue weighted by Gasteiger charge is 2.20. The number of carbonyl (C=O) groups excluding carboxylic acids is 3. The summed E-state index contributed by atoms with van der Waals surface area (Å²) in [6.45, 7) is 1.72. The highest BCUT2D eigenvalue weighted by atomic mass is 35.5. The van der Waals surface area contributed by atoms with Crippen molar-refractivity contribution in [3.05, 3.63) is 94.6 Å². The van der Waals surface area contributed by atoms with Crippen LogP contribution in [0.15, 0.2) is 72.9 Å². The Labute approximate surface area is 225 Å². The number of aromatic nitrogens is 1. The van der Waals surface area contributed by atoms with Crippen molar-refractivity contribution in [1.82, 2.24) is 4.57 Å². The number of nitrogens with two attached hydrogens (primary N) is 1. The number of carbonyl (C=O) groups is 3. The van der Waals surface area contributed by atoms with Gasteiger partial charge in [0.25, 0.3) is 5.91 Å². The van der Waals surface area contributed by atoms with E-state index >= 15 is 0 Å². The van der Waals surface area contributed by atoms with Gasteiger partial charge in [-0.05, 0) is 48.4 Å². The molecule has 0 radical (unpaired) electrons. The van der Waals surface area contributed by atoms with Crippen molar-refractivity contribution >= 4 is 64.2 Å². The van der Waals surface area contributed by atoms with Crippen LogP contribution in [0.3, 0.4) is 0 Å². The molecule has 10 heteroatoms. The number of amides is 2. The van der Waals surface area contributed by atoms with E-state index in [1.165, 1.54) is 4.57 Å². The number of hydrogen-bond acceptors (Lipinski definition) is 5. The Morgan fingerprint density at radius 1 is 1.00 bits per heavy atom. The van der Waals surface area contributed by atoms with Crippen molar-refractivity contribution in [2.24, 2.45) is 5.73 Å². The van der Waals surface area contributed by atoms with Crippen molar-refractivity contribution in [2.75, 3.05) is 17.2 Å². The van der Waals surface area contributed by atoms with E-state index in [1.807, 2.05) is 24.3 Å². The van der Waals surface area contributed by atoms with E-state index < -0.39 is 12.0 Å². The predicted octanol–water partition coefficient (Wildman–Crippen LogP) is 5.61. The van der Waals surface area contributed by atoms with Gasteiger partial charge in [0.15, 0.2) is 0 Å². The summed E-state index contributed by atoms with van der Waals surface area (Å²) in [5.74, 6) is -0.925. The lowest BCUT2D eigenvalue weighted by Gasteiger charge is -2.10. The number of fused-ring (bicyclic) bond motifs is 1. The number of rotatable bonds is 7. The maximum atomic E-state index is 13.6. The molecule has 3 aromatic carbocycles. The minimum Gasteiger partial charge on any atom is -0.460 e. The quantitative estimate of drug-likeness (QED) is 0.263. The Balaban J connectivity index is 0.00000380. The molecule has 0 aliphatic rings. The molecule has 192 valence electrons. The number of nitrogens with one attached hydrogen (secondary N) is 2. The van der Waals surface area contributed by atoms with Gasteiger partial charge in [-0.1, -0.05) is 48.9 Å². The van der Waals surface area contributed by atoms with E-state index in [4.69, 9.17) is 22.1 Å². The average Bonchev–Trinajstić information content (AvgIpc) is 3.24. The number of urea groups is 1. The van der Waals surface area contributed by atoms with Gasteiger partial charge in [0.05, 0.1) is 17.7 Å². The first-order valence-electron chi connectivity index (χ1n) is 11.4. The molecular weight excluding hydrogens is 515 g/mol. The Bertz CT molecular complexity index is 1430. The molecule has 0 saturated carbocycles. The third-order valence-electron chi connectivity index (χ3n) is 5.66. The maximum absolute atomic E-state index is 13.6. The Kier molecular flexibility index (Phi) is 9.30. The van der Waals surface area contributed by atoms with E-state index in [2.05, 4.69) is 17.6 Å². The molecule has 0 bridgehead atoms. The number of hydrogen-bond donors (Lipinski definition) is 3. The largest absolute Gasteiger partial charge is 0.460 e. The van der Waals surface area contributed by atoms with Gasteiger partial charge in [-0.15, -0.1) is 12.4 Å². The minimum atomic E-state index is -0.569. The fourth-order valence-electron chi connectivity index (χ4n) is 3.78. The summed E-state index contributed by atoms with van der Waals surface area (Å²) in [7, 11) is 0. The van der Waals surface area contributed by atoms with Crippen molar-refractivity contribution in [3.63, 3.8) is 0 Å². The van der Waals surface area contributed by atoms with Crippen LogP contribution < -0.4 is 16.4 Å². The lowest BCUT2D eigenvalue weighted by molar-refractivity contribution is -0.143. The zero-order valence-electron chi connectivity index (χ0n) is 20.0. The molecule has 0 aliphatic carbocycles. The number of esters is 1. The molecule has 0 unspecified atom stereocenters. The molecule has 4 rings (SSSR count). The van der Waals surface area contributed by atoms with E-state index in [9.17, 15) is 14.4 Å². The molecule has 8 nitrogen and oxygen atoms in total. The normalized spacial score (nSPS) is 10.5. The number of ether oxygens (including phenoxy) is 1. The first-order valence-corrected chi connectivity index (χ1v) is 11.7. The second-order valence-electron chi connectivity index (χ2n) is 8.03. The Morgan fingerprint density at radius 2 is 1.73 bits per heavy atom.